The van der Waals surface area contributed by atoms with Gasteiger partial charge in [0.2, 0.25) is 0 Å². The average molecular weight is 251 g/mol. The van der Waals surface area contributed by atoms with Gasteiger partial charge in [0.05, 0.1) is 0 Å². The number of aliphatic hydroxyl groups is 1. The molecule has 0 amide bonds. The molecule has 0 aliphatic rings. The van der Waals surface area contributed by atoms with Gasteiger partial charge in [0.15, 0.2) is 5.56 Å². The van der Waals surface area contributed by atoms with Gasteiger partial charge in [0.25, 0.3) is 4.87 Å². The van der Waals surface area contributed by atoms with Gasteiger partial charge in [-0.05, 0) is 0 Å². The Hall–Kier alpha value is 0.120. The number of rotatable bonds is 1. The normalized spacial score (nSPS) is 17.3. The van der Waals surface area contributed by atoms with Crippen LogP contribution >= 0.6 is 23.2 Å². The zero-order chi connectivity index (χ0) is 11.1. The smallest absolute Gasteiger partial charge is 0.375 e. The molecule has 0 aromatic rings. The van der Waals surface area contributed by atoms with Gasteiger partial charge < -0.3 is 5.11 Å². The molecule has 1 atom stereocenters. The maximum Gasteiger partial charge on any atom is 0.420 e. The summed E-state index contributed by atoms with van der Waals surface area (Å²) < 4.78 is 70.5. The predicted molar refractivity (Wildman–Crippen MR) is 32.6 cm³/mol. The highest BCUT2D eigenvalue weighted by Gasteiger charge is 2.73. The van der Waals surface area contributed by atoms with Crippen molar-refractivity contribution < 1.29 is 31.4 Å². The molecule has 0 saturated carbocycles. The lowest BCUT2D eigenvalue weighted by atomic mass is 10.1. The molecule has 0 rings (SSSR count). The zero-order valence-corrected chi connectivity index (χ0v) is 7.06. The van der Waals surface area contributed by atoms with Crippen molar-refractivity contribution in [2.24, 2.45) is 0 Å². The van der Waals surface area contributed by atoms with E-state index in [9.17, 15) is 26.3 Å². The second kappa shape index (κ2) is 3.36. The highest BCUT2D eigenvalue weighted by Crippen LogP contribution is 2.50. The fraction of sp³-hybridized carbons (Fsp3) is 1.00. The van der Waals surface area contributed by atoms with Crippen LogP contribution in [0.25, 0.3) is 0 Å². The summed E-state index contributed by atoms with van der Waals surface area (Å²) in [6.45, 7) is 0. The molecule has 0 bridgehead atoms. The first-order valence-electron chi connectivity index (χ1n) is 2.59. The van der Waals surface area contributed by atoms with E-state index < -0.39 is 22.8 Å². The monoisotopic (exact) mass is 250 g/mol. The molecule has 0 heterocycles. The molecular formula is C4H2Cl2F6O. The Morgan fingerprint density at radius 1 is 0.923 bits per heavy atom. The van der Waals surface area contributed by atoms with Crippen LogP contribution in [0.4, 0.5) is 26.3 Å². The van der Waals surface area contributed by atoms with Crippen molar-refractivity contribution in [1.29, 1.82) is 0 Å². The minimum Gasteiger partial charge on any atom is -0.375 e. The number of halogens is 8. The largest absolute Gasteiger partial charge is 0.420 e. The van der Waals surface area contributed by atoms with Crippen LogP contribution in [0, 0.1) is 0 Å². The Morgan fingerprint density at radius 2 is 1.15 bits per heavy atom. The lowest BCUT2D eigenvalue weighted by Crippen LogP contribution is -2.58. The third-order valence-corrected chi connectivity index (χ3v) is 2.23. The van der Waals surface area contributed by atoms with Crippen molar-refractivity contribution in [3.05, 3.63) is 0 Å². The van der Waals surface area contributed by atoms with E-state index >= 15 is 0 Å². The summed E-state index contributed by atoms with van der Waals surface area (Å²) >= 11 is 8.53. The lowest BCUT2D eigenvalue weighted by molar-refractivity contribution is -0.280. The molecular weight excluding hydrogens is 249 g/mol. The molecule has 0 aliphatic heterocycles. The lowest BCUT2D eigenvalue weighted by Gasteiger charge is -2.32. The molecule has 0 aromatic carbocycles. The van der Waals surface area contributed by atoms with E-state index in [0.717, 1.165) is 0 Å². The molecule has 0 radical (unpaired) electrons. The van der Waals surface area contributed by atoms with Gasteiger partial charge in [-0.15, -0.1) is 0 Å². The average Bonchev–Trinajstić information content (AvgIpc) is 1.80. The number of alkyl halides is 8. The second-order valence-corrected chi connectivity index (χ2v) is 3.05. The van der Waals surface area contributed by atoms with Crippen molar-refractivity contribution in [1.82, 2.24) is 0 Å². The van der Waals surface area contributed by atoms with E-state index in [4.69, 9.17) is 5.11 Å². The summed E-state index contributed by atoms with van der Waals surface area (Å²) in [6.07, 6.45) is -11.8. The van der Waals surface area contributed by atoms with Crippen LogP contribution in [0.1, 0.15) is 0 Å². The van der Waals surface area contributed by atoms with Crippen molar-refractivity contribution >= 4 is 23.2 Å². The van der Waals surface area contributed by atoms with Crippen LogP contribution in [0.2, 0.25) is 0 Å². The summed E-state index contributed by atoms with van der Waals surface area (Å²) in [5.41, 5.74) is -3.30. The van der Waals surface area contributed by atoms with Crippen LogP contribution < -0.4 is 0 Å². The Bertz CT molecular complexity index is 170. The molecule has 0 aliphatic carbocycles. The predicted octanol–water partition coefficient (Wildman–Crippen LogP) is 2.65. The van der Waals surface area contributed by atoms with Gasteiger partial charge >= 0.3 is 12.4 Å². The molecule has 0 aromatic heterocycles. The Kier molecular flexibility index (Phi) is 3.39. The summed E-state index contributed by atoms with van der Waals surface area (Å²) in [5.74, 6) is 0. The van der Waals surface area contributed by atoms with Crippen LogP contribution in [-0.2, 0) is 0 Å². The van der Waals surface area contributed by atoms with Gasteiger partial charge in [-0.25, -0.2) is 0 Å². The van der Waals surface area contributed by atoms with E-state index in [-0.39, 0.29) is 0 Å². The fourth-order valence-corrected chi connectivity index (χ4v) is 0.678. The summed E-state index contributed by atoms with van der Waals surface area (Å²) in [6, 6.07) is 0. The maximum atomic E-state index is 11.8. The minimum absolute atomic E-state index is 3.30. The van der Waals surface area contributed by atoms with Gasteiger partial charge in [0.1, 0.15) is 0 Å². The van der Waals surface area contributed by atoms with Crippen molar-refractivity contribution in [2.75, 3.05) is 0 Å². The molecule has 0 saturated heterocycles. The molecule has 0 fully saturated rings. The van der Waals surface area contributed by atoms with Gasteiger partial charge in [-0.2, -0.15) is 26.3 Å². The zero-order valence-electron chi connectivity index (χ0n) is 5.55. The highest BCUT2D eigenvalue weighted by molar-refractivity contribution is 6.32. The molecule has 1 N–H and O–H groups in total. The van der Waals surface area contributed by atoms with Crippen LogP contribution in [0.5, 0.6) is 0 Å². The van der Waals surface area contributed by atoms with E-state index in [2.05, 4.69) is 23.2 Å². The van der Waals surface area contributed by atoms with Crippen molar-refractivity contribution in [3.63, 3.8) is 0 Å². The Morgan fingerprint density at radius 3 is 1.15 bits per heavy atom. The SMILES string of the molecule is OC(Cl)C(Cl)(C(F)(F)F)C(F)(F)F. The molecule has 1 nitrogen and oxygen atoms in total. The van der Waals surface area contributed by atoms with Gasteiger partial charge in [-0.3, -0.25) is 0 Å². The second-order valence-electron chi connectivity index (χ2n) is 2.04. The van der Waals surface area contributed by atoms with E-state index in [1.807, 2.05) is 0 Å². The molecule has 80 valence electrons. The third-order valence-electron chi connectivity index (χ3n) is 1.15. The van der Waals surface area contributed by atoms with Crippen LogP contribution in [-0.4, -0.2) is 27.9 Å². The quantitative estimate of drug-likeness (QED) is 0.561. The molecule has 0 spiro atoms. The van der Waals surface area contributed by atoms with Crippen LogP contribution in [0.15, 0.2) is 0 Å². The fourth-order valence-electron chi connectivity index (χ4n) is 0.431. The Labute approximate surface area is 78.2 Å². The van der Waals surface area contributed by atoms with Gasteiger partial charge in [0, 0.05) is 0 Å². The van der Waals surface area contributed by atoms with Crippen molar-refractivity contribution in [3.8, 4) is 0 Å². The summed E-state index contributed by atoms with van der Waals surface area (Å²) in [7, 11) is 0. The van der Waals surface area contributed by atoms with E-state index in [1.54, 1.807) is 0 Å². The first kappa shape index (κ1) is 13.1. The van der Waals surface area contributed by atoms with Gasteiger partial charge in [-0.1, -0.05) is 23.2 Å². The van der Waals surface area contributed by atoms with Crippen LogP contribution in [0.3, 0.4) is 0 Å². The number of hydrogen-bond donors (Lipinski definition) is 1. The van der Waals surface area contributed by atoms with E-state index in [0.29, 0.717) is 0 Å². The Balaban J connectivity index is 5.22. The third kappa shape index (κ3) is 2.13. The summed E-state index contributed by atoms with van der Waals surface area (Å²) in [4.78, 5) is -4.83. The first-order valence-corrected chi connectivity index (χ1v) is 3.40. The molecule has 9 heteroatoms. The van der Waals surface area contributed by atoms with E-state index in [1.165, 1.54) is 0 Å². The number of hydrogen-bond acceptors (Lipinski definition) is 1. The molecule has 1 unspecified atom stereocenters. The van der Waals surface area contributed by atoms with Crippen molar-refractivity contribution in [2.45, 2.75) is 22.8 Å². The molecule has 13 heavy (non-hydrogen) atoms. The number of aliphatic hydroxyl groups excluding tert-OH is 1. The summed E-state index contributed by atoms with van der Waals surface area (Å²) in [5, 5.41) is 8.14. The highest BCUT2D eigenvalue weighted by atomic mass is 35.5. The maximum absolute atomic E-state index is 11.8. The standard InChI is InChI=1S/C4H2Cl2F6O/c5-1(13)2(6,3(7,8)9)4(10,11)12/h1,13H. The minimum atomic E-state index is -5.88. The topological polar surface area (TPSA) is 20.2 Å². The first-order chi connectivity index (χ1) is 5.44.